The molecule has 43 heavy (non-hydrogen) atoms. The summed E-state index contributed by atoms with van der Waals surface area (Å²) in [5.41, 5.74) is 2.26. The lowest BCUT2D eigenvalue weighted by molar-refractivity contribution is -0.153. The van der Waals surface area contributed by atoms with E-state index in [2.05, 4.69) is 11.2 Å². The molecule has 4 aliphatic rings. The Balaban J connectivity index is 0.00000423. The smallest absolute Gasteiger partial charge is 0.317 e. The van der Waals surface area contributed by atoms with Gasteiger partial charge in [0, 0.05) is 31.1 Å². The van der Waals surface area contributed by atoms with Gasteiger partial charge in [-0.25, -0.2) is 4.79 Å². The number of carbonyl (C=O) groups is 4. The van der Waals surface area contributed by atoms with Crippen molar-refractivity contribution in [1.29, 1.82) is 0 Å². The number of phenolic OH excluding ortho intramolecular Hbond substituents is 1. The molecule has 4 atom stereocenters. The van der Waals surface area contributed by atoms with Crippen LogP contribution in [0.3, 0.4) is 0 Å². The number of terminal acetylenes is 1. The van der Waals surface area contributed by atoms with Crippen LogP contribution in [0.2, 0.25) is 0 Å². The van der Waals surface area contributed by atoms with Crippen molar-refractivity contribution in [2.45, 2.75) is 38.5 Å². The summed E-state index contributed by atoms with van der Waals surface area (Å²) in [6, 6.07) is -0.00132. The number of nitrogens with one attached hydrogen (secondary N) is 1. The Hall–Kier alpha value is -4.38. The number of carbonyl (C=O) groups excluding carboxylic acids is 4. The van der Waals surface area contributed by atoms with Gasteiger partial charge in [0.2, 0.25) is 5.78 Å². The van der Waals surface area contributed by atoms with Crippen LogP contribution in [0.15, 0.2) is 23.0 Å². The average molecular weight is 597 g/mol. The van der Waals surface area contributed by atoms with Gasteiger partial charge in [-0.2, -0.15) is 0 Å². The second kappa shape index (κ2) is 11.4. The van der Waals surface area contributed by atoms with Crippen LogP contribution in [0.5, 0.6) is 5.75 Å². The van der Waals surface area contributed by atoms with E-state index >= 15 is 0 Å². The van der Waals surface area contributed by atoms with Crippen LogP contribution in [-0.2, 0) is 32.1 Å². The number of nitrogens with zero attached hydrogens (tertiary/aromatic N) is 2. The van der Waals surface area contributed by atoms with Crippen molar-refractivity contribution in [3.05, 3.63) is 45.2 Å². The Morgan fingerprint density at radius 3 is 2.47 bits per heavy atom. The molecular formula is C30H36N4O9. The van der Waals surface area contributed by atoms with Crippen LogP contribution in [0.4, 0.5) is 4.79 Å². The van der Waals surface area contributed by atoms with Crippen molar-refractivity contribution < 1.29 is 44.3 Å². The van der Waals surface area contributed by atoms with E-state index in [4.69, 9.17) is 16.9 Å². The molecule has 13 heteroatoms. The average Bonchev–Trinajstić information content (AvgIpc) is 2.94. The number of ether oxygens (including phenoxy) is 1. The molecule has 2 fully saturated rings. The number of Topliss-reactive ketones (excluding diaryl/α,β-unsaturated/α-hetero) is 2. The maximum Gasteiger partial charge on any atom is 0.317 e. The third-order valence-electron chi connectivity index (χ3n) is 8.70. The topological polar surface area (TPSA) is 203 Å². The van der Waals surface area contributed by atoms with Crippen LogP contribution in [0.1, 0.15) is 36.1 Å². The van der Waals surface area contributed by atoms with E-state index in [-0.39, 0.29) is 49.5 Å². The molecular weight excluding hydrogens is 560 g/mol. The van der Waals surface area contributed by atoms with Crippen molar-refractivity contribution in [3.63, 3.8) is 0 Å². The van der Waals surface area contributed by atoms with Crippen LogP contribution in [-0.4, -0.2) is 106 Å². The van der Waals surface area contributed by atoms with Gasteiger partial charge in [-0.05, 0) is 50.0 Å². The largest absolute Gasteiger partial charge is 0.508 e. The highest BCUT2D eigenvalue weighted by Crippen LogP contribution is 2.53. The molecule has 1 heterocycles. The second-order valence-corrected chi connectivity index (χ2v) is 11.1. The van der Waals surface area contributed by atoms with Crippen molar-refractivity contribution in [2.75, 3.05) is 40.4 Å². The van der Waals surface area contributed by atoms with Gasteiger partial charge in [-0.15, -0.1) is 6.42 Å². The van der Waals surface area contributed by atoms with Gasteiger partial charge in [-0.1, -0.05) is 13.3 Å². The summed E-state index contributed by atoms with van der Waals surface area (Å²) in [5.74, 6) is -5.14. The zero-order chi connectivity index (χ0) is 30.7. The minimum absolute atomic E-state index is 0. The van der Waals surface area contributed by atoms with E-state index in [1.807, 2.05) is 0 Å². The number of benzene rings is 1. The van der Waals surface area contributed by atoms with Gasteiger partial charge in [0.15, 0.2) is 11.4 Å². The molecule has 3 aliphatic carbocycles. The minimum atomic E-state index is -2.74. The molecule has 0 spiro atoms. The van der Waals surface area contributed by atoms with Gasteiger partial charge in [-0.3, -0.25) is 19.3 Å². The van der Waals surface area contributed by atoms with Crippen LogP contribution in [0.25, 0.3) is 5.76 Å². The van der Waals surface area contributed by atoms with Gasteiger partial charge in [0.25, 0.3) is 5.91 Å². The molecule has 7 N–H and O–H groups in total. The number of morpholine rings is 1. The van der Waals surface area contributed by atoms with Crippen molar-refractivity contribution in [1.82, 2.24) is 15.1 Å². The fourth-order valence-electron chi connectivity index (χ4n) is 6.71. The first-order chi connectivity index (χ1) is 19.8. The summed E-state index contributed by atoms with van der Waals surface area (Å²) >= 11 is 0. The monoisotopic (exact) mass is 596 g/mol. The standard InChI is InChI=1S/C29H32N4O9.CH4/c1-4-13-9-15(12-31-28(40)33-5-7-42-8-6-33)16-10-14-11-17-21(32(2)3)24(36)20(27(30)39)26(38)29(17,41)25(37)18(14)23(35)19(16)22(13)34;/h1,9,14,17,21,34-35,38,41H,5-8,10-12H2,2-3H3,(H2,30,39)(H,31,40);1H4/t14-,17-,21+,29-;/m0./s1. The number of phenols is 1. The summed E-state index contributed by atoms with van der Waals surface area (Å²) in [4.78, 5) is 55.2. The van der Waals surface area contributed by atoms with Gasteiger partial charge >= 0.3 is 6.03 Å². The Morgan fingerprint density at radius 2 is 1.88 bits per heavy atom. The number of nitrogens with two attached hydrogens (primary N) is 1. The fraction of sp³-hybridized carbons (Fsp3) is 0.467. The number of primary amides is 1. The predicted molar refractivity (Wildman–Crippen MR) is 154 cm³/mol. The molecule has 1 aromatic carbocycles. The summed E-state index contributed by atoms with van der Waals surface area (Å²) in [7, 11) is 3.06. The maximum absolute atomic E-state index is 14.0. The zero-order valence-corrected chi connectivity index (χ0v) is 23.1. The number of hydrogen-bond donors (Lipinski definition) is 6. The Bertz CT molecular complexity index is 1520. The molecule has 1 saturated heterocycles. The minimum Gasteiger partial charge on any atom is -0.508 e. The maximum atomic E-state index is 14.0. The summed E-state index contributed by atoms with van der Waals surface area (Å²) < 4.78 is 5.28. The third kappa shape index (κ3) is 4.71. The number of rotatable bonds is 4. The van der Waals surface area contributed by atoms with E-state index < -0.39 is 63.8 Å². The highest BCUT2D eigenvalue weighted by atomic mass is 16.5. The number of aromatic hydroxyl groups is 1. The summed E-state index contributed by atoms with van der Waals surface area (Å²) in [6.45, 7) is 1.66. The highest BCUT2D eigenvalue weighted by Gasteiger charge is 2.64. The first-order valence-corrected chi connectivity index (χ1v) is 13.4. The summed E-state index contributed by atoms with van der Waals surface area (Å²) in [6.07, 6.45) is 5.64. The normalized spacial score (nSPS) is 26.7. The van der Waals surface area contributed by atoms with E-state index in [9.17, 15) is 39.6 Å². The van der Waals surface area contributed by atoms with Crippen LogP contribution in [0, 0.1) is 24.2 Å². The number of amides is 3. The molecule has 1 aromatic rings. The lowest BCUT2D eigenvalue weighted by Gasteiger charge is -2.50. The molecule has 0 aromatic heterocycles. The van der Waals surface area contributed by atoms with E-state index in [0.717, 1.165) is 0 Å². The lowest BCUT2D eigenvalue weighted by atomic mass is 9.57. The van der Waals surface area contributed by atoms with Crippen LogP contribution < -0.4 is 11.1 Å². The quantitative estimate of drug-likeness (QED) is 0.205. The first kappa shape index (κ1) is 31.6. The molecule has 0 unspecified atom stereocenters. The zero-order valence-electron chi connectivity index (χ0n) is 23.1. The number of hydrogen-bond acceptors (Lipinski definition) is 10. The third-order valence-corrected chi connectivity index (χ3v) is 8.70. The van der Waals surface area contributed by atoms with E-state index in [1.165, 1.54) is 25.1 Å². The fourth-order valence-corrected chi connectivity index (χ4v) is 6.71. The van der Waals surface area contributed by atoms with Crippen molar-refractivity contribution in [2.24, 2.45) is 17.6 Å². The molecule has 3 amide bonds. The molecule has 0 radical (unpaired) electrons. The predicted octanol–water partition coefficient (Wildman–Crippen LogP) is 0.123. The van der Waals surface area contributed by atoms with Crippen molar-refractivity contribution in [3.8, 4) is 18.1 Å². The van der Waals surface area contributed by atoms with Gasteiger partial charge in [0.05, 0.1) is 30.4 Å². The van der Waals surface area contributed by atoms with E-state index in [0.29, 0.717) is 37.4 Å². The number of ketones is 2. The highest BCUT2D eigenvalue weighted by molar-refractivity contribution is 6.24. The first-order valence-electron chi connectivity index (χ1n) is 13.4. The SMILES string of the molecule is C.C#Cc1cc(CNC(=O)N2CCOCC2)c2c(c1O)C(O)=C1C(=O)[C@]3(O)C(O)=C(C(N)=O)C(=O)[C@H](N(C)C)[C@@H]3C[C@@H]1C2. The second-order valence-electron chi connectivity index (χ2n) is 11.1. The number of aliphatic hydroxyl groups is 3. The Morgan fingerprint density at radius 1 is 1.23 bits per heavy atom. The van der Waals surface area contributed by atoms with Crippen LogP contribution >= 0.6 is 0 Å². The van der Waals surface area contributed by atoms with E-state index in [1.54, 1.807) is 4.90 Å². The summed E-state index contributed by atoms with van der Waals surface area (Å²) in [5, 5.41) is 48.0. The number of aliphatic hydroxyl groups excluding tert-OH is 2. The van der Waals surface area contributed by atoms with Gasteiger partial charge in [0.1, 0.15) is 22.8 Å². The van der Waals surface area contributed by atoms with Gasteiger partial charge < -0.3 is 41.1 Å². The molecule has 1 aliphatic heterocycles. The van der Waals surface area contributed by atoms with Crippen molar-refractivity contribution >= 4 is 29.3 Å². The Kier molecular flexibility index (Phi) is 8.34. The Labute approximate surface area is 248 Å². The molecule has 0 bridgehead atoms. The lowest BCUT2D eigenvalue weighted by Crippen LogP contribution is -2.65. The number of fused-ring (bicyclic) bond motifs is 3. The number of urea groups is 1. The molecule has 5 rings (SSSR count). The molecule has 230 valence electrons. The molecule has 13 nitrogen and oxygen atoms in total. The molecule has 1 saturated carbocycles. The number of likely N-dealkylation sites (N-methyl/N-ethyl adjacent to an activating group) is 1.